The van der Waals surface area contributed by atoms with Crippen LogP contribution in [0, 0.1) is 0 Å². The van der Waals surface area contributed by atoms with Gasteiger partial charge in [0.2, 0.25) is 17.7 Å². The first-order valence-electron chi connectivity index (χ1n) is 11.0. The number of hydrogen-bond acceptors (Lipinski definition) is 8. The van der Waals surface area contributed by atoms with E-state index in [0.29, 0.717) is 0 Å². The van der Waals surface area contributed by atoms with Crippen LogP contribution in [0.1, 0.15) is 59.8 Å². The van der Waals surface area contributed by atoms with Gasteiger partial charge < -0.3 is 36.4 Å². The van der Waals surface area contributed by atoms with E-state index in [9.17, 15) is 33.9 Å². The molecule has 0 aromatic carbocycles. The van der Waals surface area contributed by atoms with E-state index in [0.717, 1.165) is 6.92 Å². The molecule has 0 saturated heterocycles. The molecule has 15 heteroatoms. The first-order valence-corrected chi connectivity index (χ1v) is 12.4. The predicted octanol–water partition coefficient (Wildman–Crippen LogP) is -3.58. The van der Waals surface area contributed by atoms with Crippen LogP contribution in [0.4, 0.5) is 0 Å². The minimum Gasteiger partial charge on any atom is -0.854 e. The van der Waals surface area contributed by atoms with Crippen LogP contribution in [0.2, 0.25) is 0 Å². The van der Waals surface area contributed by atoms with Crippen molar-refractivity contribution < 1.29 is 101 Å². The molecule has 0 bridgehead atoms. The molecule has 0 aromatic rings. The van der Waals surface area contributed by atoms with Crippen LogP contribution in [-0.4, -0.2) is 87.7 Å². The summed E-state index contributed by atoms with van der Waals surface area (Å²) in [4.78, 5) is 67.7. The fourth-order valence-electron chi connectivity index (χ4n) is 2.22. The Labute approximate surface area is 258 Å². The monoisotopic (exact) mass is 563 g/mol. The van der Waals surface area contributed by atoms with Crippen LogP contribution in [0.15, 0.2) is 0 Å². The summed E-state index contributed by atoms with van der Waals surface area (Å²) in [5.41, 5.74) is 0. The van der Waals surface area contributed by atoms with E-state index in [1.165, 1.54) is 5.75 Å². The van der Waals surface area contributed by atoms with Crippen molar-refractivity contribution in [3.05, 3.63) is 0 Å². The van der Waals surface area contributed by atoms with Gasteiger partial charge in [0.05, 0.1) is 0 Å². The number of aliphatic carboxylic acids is 3. The van der Waals surface area contributed by atoms with Crippen molar-refractivity contribution in [1.82, 2.24) is 16.0 Å². The Morgan fingerprint density at radius 1 is 0.750 bits per heavy atom. The number of carbonyl (C=O) groups excluding carboxylic acids is 3. The molecule has 0 spiro atoms. The first kappa shape index (κ1) is 41.9. The zero-order chi connectivity index (χ0) is 28.0. The van der Waals surface area contributed by atoms with Gasteiger partial charge in [0.1, 0.15) is 18.1 Å². The number of carboxylic acids is 3. The van der Waals surface area contributed by atoms with Crippen LogP contribution < -0.4 is 72.4 Å². The summed E-state index contributed by atoms with van der Waals surface area (Å²) < 4.78 is 0. The molecule has 3 atom stereocenters. The third kappa shape index (κ3) is 24.5. The van der Waals surface area contributed by atoms with Crippen LogP contribution in [-0.2, 0) is 28.8 Å². The van der Waals surface area contributed by atoms with E-state index < -0.39 is 73.2 Å². The summed E-state index contributed by atoms with van der Waals surface area (Å²) in [6.07, 6.45) is 0.314. The molecule has 0 heterocycles. The fraction of sp³-hybridized carbons (Fsp3) is 0.714. The van der Waals surface area contributed by atoms with Gasteiger partial charge in [-0.2, -0.15) is 11.8 Å². The molecule has 6 N–H and O–H groups in total. The Hall–Kier alpha value is -1.23. The Kier molecular flexibility index (Phi) is 31.2. The SMILES string of the molecule is CC.CC(=O)NC(CCC(=O)N[C@@H](CCC(=O)NC(CC[O-])C(=O)O)C(=O)O)C(=O)O.CCSC.[K+]. The van der Waals surface area contributed by atoms with Crippen LogP contribution in [0.25, 0.3) is 0 Å². The quantitative estimate of drug-likeness (QED) is 0.107. The zero-order valence-electron chi connectivity index (χ0n) is 21.8. The van der Waals surface area contributed by atoms with Gasteiger partial charge in [-0.3, -0.25) is 14.4 Å². The van der Waals surface area contributed by atoms with E-state index >= 15 is 0 Å². The summed E-state index contributed by atoms with van der Waals surface area (Å²) in [5, 5.41) is 43.8. The normalized spacial score (nSPS) is 11.8. The Bertz CT molecular complexity index is 680. The average molecular weight is 564 g/mol. The molecular weight excluding hydrogens is 525 g/mol. The summed E-state index contributed by atoms with van der Waals surface area (Å²) in [6.45, 7) is 6.53. The summed E-state index contributed by atoms with van der Waals surface area (Å²) in [7, 11) is 0. The first-order chi connectivity index (χ1) is 16.4. The number of rotatable bonds is 15. The molecule has 36 heavy (non-hydrogen) atoms. The molecule has 204 valence electrons. The van der Waals surface area contributed by atoms with Crippen LogP contribution in [0.3, 0.4) is 0 Å². The van der Waals surface area contributed by atoms with Crippen molar-refractivity contribution in [3.8, 4) is 0 Å². The van der Waals surface area contributed by atoms with Crippen molar-refractivity contribution in [3.63, 3.8) is 0 Å². The second-order valence-corrected chi connectivity index (χ2v) is 7.81. The molecule has 0 aliphatic rings. The minimum absolute atomic E-state index is 0. The van der Waals surface area contributed by atoms with Gasteiger partial charge in [0.25, 0.3) is 0 Å². The van der Waals surface area contributed by atoms with Gasteiger partial charge in [-0.25, -0.2) is 14.4 Å². The maximum atomic E-state index is 11.9. The number of carbonyl (C=O) groups is 6. The van der Waals surface area contributed by atoms with Gasteiger partial charge in [0.15, 0.2) is 0 Å². The summed E-state index contributed by atoms with van der Waals surface area (Å²) in [6, 6.07) is -4.18. The van der Waals surface area contributed by atoms with Gasteiger partial charge in [0, 0.05) is 19.8 Å². The average Bonchev–Trinajstić information content (AvgIpc) is 2.79. The predicted molar refractivity (Wildman–Crippen MR) is 128 cm³/mol. The molecule has 0 aliphatic heterocycles. The Morgan fingerprint density at radius 3 is 1.31 bits per heavy atom. The van der Waals surface area contributed by atoms with Gasteiger partial charge in [-0.05, 0) is 31.3 Å². The van der Waals surface area contributed by atoms with Crippen molar-refractivity contribution in [1.29, 1.82) is 0 Å². The number of hydrogen-bond donors (Lipinski definition) is 6. The third-order valence-corrected chi connectivity index (χ3v) is 4.53. The van der Waals surface area contributed by atoms with Gasteiger partial charge in [-0.1, -0.05) is 20.8 Å². The summed E-state index contributed by atoms with van der Waals surface area (Å²) >= 11 is 1.86. The van der Waals surface area contributed by atoms with Crippen LogP contribution >= 0.6 is 11.8 Å². The molecule has 0 aromatic heterocycles. The standard InChI is InChI=1S/C16H24N3O10.C3H8S.C2H6.K/c1-8(21)17-9(14(24)25)2-4-12(22)18-10(15(26)27)3-5-13(23)19-11(6-7-20)16(28)29;1-3-4-2;1-2;/h9-11H,2-7H2,1H3,(H,17,21)(H,18,22)(H,19,23)(H,24,25)(H,26,27)(H,28,29);3H2,1-2H3;1-2H3;/q-1;;;+1/t9?,10-,11?;;;/m0.../s1. The van der Waals surface area contributed by atoms with E-state index in [1.807, 2.05) is 25.6 Å². The summed E-state index contributed by atoms with van der Waals surface area (Å²) in [5.74, 6) is -5.18. The van der Waals surface area contributed by atoms with Crippen molar-refractivity contribution in [2.45, 2.75) is 77.9 Å². The van der Waals surface area contributed by atoms with E-state index in [4.69, 9.17) is 15.3 Å². The van der Waals surface area contributed by atoms with E-state index in [1.54, 1.807) is 0 Å². The van der Waals surface area contributed by atoms with Crippen molar-refractivity contribution in [2.75, 3.05) is 18.6 Å². The molecule has 13 nitrogen and oxygen atoms in total. The maximum Gasteiger partial charge on any atom is 1.00 e. The minimum atomic E-state index is -1.47. The smallest absolute Gasteiger partial charge is 0.854 e. The van der Waals surface area contributed by atoms with E-state index in [-0.39, 0.29) is 70.6 Å². The second kappa shape index (κ2) is 26.8. The Balaban J connectivity index is -0.000000660. The number of carboxylic acid groups (broad SMARTS) is 3. The molecule has 0 radical (unpaired) electrons. The van der Waals surface area contributed by atoms with Crippen molar-refractivity contribution in [2.24, 2.45) is 0 Å². The number of amides is 3. The maximum absolute atomic E-state index is 11.9. The zero-order valence-corrected chi connectivity index (χ0v) is 25.7. The van der Waals surface area contributed by atoms with Gasteiger partial charge >= 0.3 is 69.3 Å². The molecule has 0 saturated carbocycles. The molecular formula is C21H38KN3O10S. The molecule has 2 unspecified atom stereocenters. The number of nitrogens with one attached hydrogen (secondary N) is 3. The number of thioether (sulfide) groups is 1. The van der Waals surface area contributed by atoms with Crippen LogP contribution in [0.5, 0.6) is 0 Å². The molecule has 3 amide bonds. The second-order valence-electron chi connectivity index (χ2n) is 6.66. The third-order valence-electron chi connectivity index (χ3n) is 3.96. The largest absolute Gasteiger partial charge is 1.00 e. The topological polar surface area (TPSA) is 222 Å². The van der Waals surface area contributed by atoms with E-state index in [2.05, 4.69) is 29.1 Å². The molecule has 0 fully saturated rings. The fourth-order valence-corrected chi connectivity index (χ4v) is 2.22. The molecule has 0 rings (SSSR count). The van der Waals surface area contributed by atoms with Gasteiger partial charge in [-0.15, -0.1) is 6.61 Å². The van der Waals surface area contributed by atoms with Crippen molar-refractivity contribution >= 4 is 47.4 Å². The molecule has 0 aliphatic carbocycles. The Morgan fingerprint density at radius 2 is 1.06 bits per heavy atom.